The highest BCUT2D eigenvalue weighted by Gasteiger charge is 2.36. The highest BCUT2D eigenvalue weighted by Crippen LogP contribution is 2.14. The molecule has 88 valence electrons. The maximum Gasteiger partial charge on any atom is 0.500 e. The molecule has 4 nitrogen and oxygen atoms in total. The van der Waals surface area contributed by atoms with E-state index in [9.17, 15) is 0 Å². The predicted octanol–water partition coefficient (Wildman–Crippen LogP) is 1.96. The Morgan fingerprint density at radius 1 is 1.13 bits per heavy atom. The van der Waals surface area contributed by atoms with Crippen molar-refractivity contribution in [2.75, 3.05) is 27.9 Å². The van der Waals surface area contributed by atoms with Crippen molar-refractivity contribution in [1.29, 1.82) is 0 Å². The van der Waals surface area contributed by atoms with E-state index >= 15 is 0 Å². The lowest BCUT2D eigenvalue weighted by atomic mass is 10.5. The molecule has 0 aromatic rings. The highest BCUT2D eigenvalue weighted by molar-refractivity contribution is 6.60. The molecule has 15 heavy (non-hydrogen) atoms. The molecule has 0 rings (SSSR count). The van der Waals surface area contributed by atoms with Gasteiger partial charge in [0.2, 0.25) is 0 Å². The van der Waals surface area contributed by atoms with Gasteiger partial charge in [-0.1, -0.05) is 5.73 Å². The summed E-state index contributed by atoms with van der Waals surface area (Å²) < 4.78 is 21.0. The van der Waals surface area contributed by atoms with Gasteiger partial charge in [0.25, 0.3) is 0 Å². The van der Waals surface area contributed by atoms with Crippen molar-refractivity contribution >= 4 is 8.80 Å². The molecule has 0 fully saturated rings. The smallest absolute Gasteiger partial charge is 0.493 e. The van der Waals surface area contributed by atoms with Crippen LogP contribution in [0.5, 0.6) is 0 Å². The summed E-state index contributed by atoms with van der Waals surface area (Å²) in [5.74, 6) is 0. The number of ether oxygens (including phenoxy) is 1. The second-order valence-electron chi connectivity index (χ2n) is 2.84. The van der Waals surface area contributed by atoms with Gasteiger partial charge in [-0.05, 0) is 19.4 Å². The Morgan fingerprint density at radius 3 is 2.20 bits per heavy atom. The molecule has 0 aromatic carbocycles. The van der Waals surface area contributed by atoms with Crippen LogP contribution in [0.3, 0.4) is 0 Å². The fourth-order valence-corrected chi connectivity index (χ4v) is 2.79. The van der Waals surface area contributed by atoms with Gasteiger partial charge in [-0.15, -0.1) is 0 Å². The summed E-state index contributed by atoms with van der Waals surface area (Å²) in [6.45, 7) is 2.50. The molecule has 0 atom stereocenters. The third kappa shape index (κ3) is 5.77. The van der Waals surface area contributed by atoms with E-state index in [0.29, 0.717) is 6.61 Å². The van der Waals surface area contributed by atoms with Crippen molar-refractivity contribution < 1.29 is 18.0 Å². The first-order valence-corrected chi connectivity index (χ1v) is 6.80. The van der Waals surface area contributed by atoms with Crippen LogP contribution in [-0.2, 0) is 18.0 Å². The average Bonchev–Trinajstić information content (AvgIpc) is 2.29. The van der Waals surface area contributed by atoms with Crippen molar-refractivity contribution in [2.24, 2.45) is 0 Å². The second-order valence-corrected chi connectivity index (χ2v) is 5.93. The van der Waals surface area contributed by atoms with Crippen LogP contribution in [0.2, 0.25) is 6.04 Å². The van der Waals surface area contributed by atoms with Crippen molar-refractivity contribution in [3.63, 3.8) is 0 Å². The number of hydrogen-bond donors (Lipinski definition) is 0. The summed E-state index contributed by atoms with van der Waals surface area (Å²) >= 11 is 0. The summed E-state index contributed by atoms with van der Waals surface area (Å²) in [6.07, 6.45) is 4.18. The van der Waals surface area contributed by atoms with E-state index in [1.54, 1.807) is 33.7 Å². The van der Waals surface area contributed by atoms with Crippen molar-refractivity contribution in [2.45, 2.75) is 19.4 Å². The molecule has 0 saturated carbocycles. The fourth-order valence-electron chi connectivity index (χ4n) is 1.10. The predicted molar refractivity (Wildman–Crippen MR) is 60.5 cm³/mol. The fraction of sp³-hybridized carbons (Fsp3) is 0.700. The summed E-state index contributed by atoms with van der Waals surface area (Å²) in [7, 11) is 2.42. The summed E-state index contributed by atoms with van der Waals surface area (Å²) in [5, 5.41) is 0. The van der Waals surface area contributed by atoms with E-state index < -0.39 is 8.80 Å². The Balaban J connectivity index is 3.76. The third-order valence-corrected chi connectivity index (χ3v) is 4.83. The average molecular weight is 232 g/mol. The second kappa shape index (κ2) is 8.70. The van der Waals surface area contributed by atoms with Crippen LogP contribution in [0.4, 0.5) is 0 Å². The normalized spacial score (nSPS) is 10.7. The van der Waals surface area contributed by atoms with Gasteiger partial charge in [0, 0.05) is 27.4 Å². The van der Waals surface area contributed by atoms with Gasteiger partial charge in [0.15, 0.2) is 0 Å². The van der Waals surface area contributed by atoms with Gasteiger partial charge in [-0.25, -0.2) is 0 Å². The van der Waals surface area contributed by atoms with Crippen LogP contribution in [-0.4, -0.2) is 36.7 Å². The molecule has 0 aliphatic heterocycles. The Morgan fingerprint density at radius 2 is 1.73 bits per heavy atom. The van der Waals surface area contributed by atoms with Crippen LogP contribution in [0, 0.1) is 0 Å². The Hall–Kier alpha value is -0.583. The van der Waals surface area contributed by atoms with E-state index in [-0.39, 0.29) is 0 Å². The first-order chi connectivity index (χ1) is 7.24. The van der Waals surface area contributed by atoms with Crippen molar-refractivity contribution in [1.82, 2.24) is 0 Å². The molecule has 0 amide bonds. The number of rotatable bonds is 8. The van der Waals surface area contributed by atoms with Gasteiger partial charge in [0.05, 0.1) is 6.61 Å². The van der Waals surface area contributed by atoms with Gasteiger partial charge in [-0.3, -0.25) is 0 Å². The molecular weight excluding hydrogens is 212 g/mol. The molecular formula is C10H20O4Si. The molecule has 0 saturated heterocycles. The zero-order valence-electron chi connectivity index (χ0n) is 9.91. The summed E-state index contributed by atoms with van der Waals surface area (Å²) in [6, 6.07) is 0.750. The summed E-state index contributed by atoms with van der Waals surface area (Å²) in [4.78, 5) is 0. The van der Waals surface area contributed by atoms with Crippen LogP contribution < -0.4 is 0 Å². The SMILES string of the molecule is CC=C=COCCC[Si](OC)(OC)OC. The minimum absolute atomic E-state index is 0.617. The van der Waals surface area contributed by atoms with Crippen LogP contribution >= 0.6 is 0 Å². The molecule has 0 aliphatic rings. The molecule has 0 N–H and O–H groups in total. The summed E-state index contributed by atoms with van der Waals surface area (Å²) in [5.41, 5.74) is 2.83. The van der Waals surface area contributed by atoms with Gasteiger partial charge >= 0.3 is 8.80 Å². The molecule has 0 heterocycles. The van der Waals surface area contributed by atoms with E-state index in [0.717, 1.165) is 12.5 Å². The Bertz CT molecular complexity index is 199. The van der Waals surface area contributed by atoms with Crippen molar-refractivity contribution in [3.05, 3.63) is 18.1 Å². The first-order valence-electron chi connectivity index (χ1n) is 4.87. The Kier molecular flexibility index (Phi) is 8.36. The number of allylic oxidation sites excluding steroid dienone is 1. The maximum absolute atomic E-state index is 5.27. The van der Waals surface area contributed by atoms with E-state index in [1.165, 1.54) is 0 Å². The zero-order valence-corrected chi connectivity index (χ0v) is 10.9. The third-order valence-electron chi connectivity index (χ3n) is 2.00. The number of hydrogen-bond acceptors (Lipinski definition) is 4. The van der Waals surface area contributed by atoms with Gasteiger partial charge < -0.3 is 18.0 Å². The lowest BCUT2D eigenvalue weighted by molar-refractivity contribution is 0.119. The maximum atomic E-state index is 5.27. The lowest BCUT2D eigenvalue weighted by Crippen LogP contribution is -2.42. The monoisotopic (exact) mass is 232 g/mol. The molecule has 0 bridgehead atoms. The molecule has 0 unspecified atom stereocenters. The van der Waals surface area contributed by atoms with Gasteiger partial charge in [-0.2, -0.15) is 0 Å². The molecule has 5 heteroatoms. The minimum Gasteiger partial charge on any atom is -0.493 e. The molecule has 0 aromatic heterocycles. The molecule has 0 radical (unpaired) electrons. The van der Waals surface area contributed by atoms with Crippen molar-refractivity contribution in [3.8, 4) is 0 Å². The zero-order chi connectivity index (χ0) is 11.6. The largest absolute Gasteiger partial charge is 0.500 e. The van der Waals surface area contributed by atoms with Gasteiger partial charge in [0.1, 0.15) is 6.26 Å². The topological polar surface area (TPSA) is 36.9 Å². The van der Waals surface area contributed by atoms with E-state index in [4.69, 9.17) is 18.0 Å². The first kappa shape index (κ1) is 14.4. The van der Waals surface area contributed by atoms with Crippen LogP contribution in [0.1, 0.15) is 13.3 Å². The Labute approximate surface area is 92.8 Å². The lowest BCUT2D eigenvalue weighted by Gasteiger charge is -2.23. The van der Waals surface area contributed by atoms with Crippen LogP contribution in [0.25, 0.3) is 0 Å². The quantitative estimate of drug-likeness (QED) is 0.277. The standard InChI is InChI=1S/C10H20O4Si/c1-5-6-8-14-9-7-10-15(11-2,12-3)13-4/h5,8H,7,9-10H2,1-4H3. The molecule has 0 spiro atoms. The van der Waals surface area contributed by atoms with E-state index in [2.05, 4.69) is 5.73 Å². The highest BCUT2D eigenvalue weighted by atomic mass is 28.4. The van der Waals surface area contributed by atoms with E-state index in [1.807, 2.05) is 6.92 Å². The minimum atomic E-state index is -2.41. The molecule has 0 aliphatic carbocycles. The van der Waals surface area contributed by atoms with Crippen LogP contribution in [0.15, 0.2) is 18.1 Å².